The van der Waals surface area contributed by atoms with Gasteiger partial charge in [-0.05, 0) is 36.8 Å². The Balaban J connectivity index is 1.85. The Kier molecular flexibility index (Phi) is 4.87. The number of alkyl halides is 2. The maximum atomic E-state index is 13.5. The summed E-state index contributed by atoms with van der Waals surface area (Å²) in [6.07, 6.45) is 1.70. The summed E-state index contributed by atoms with van der Waals surface area (Å²) < 4.78 is 34.3. The Morgan fingerprint density at radius 3 is 2.67 bits per heavy atom. The average molecular weight is 373 g/mol. The van der Waals surface area contributed by atoms with Gasteiger partial charge in [0.05, 0.1) is 24.5 Å². The number of carbonyl (C=O) groups excluding carboxylic acids is 1. The number of hydrogen-bond donors (Lipinski definition) is 1. The first kappa shape index (κ1) is 18.8. The van der Waals surface area contributed by atoms with Crippen molar-refractivity contribution in [1.29, 1.82) is 0 Å². The fraction of sp³-hybridized carbons (Fsp3) is 0.300. The molecule has 27 heavy (non-hydrogen) atoms. The minimum Gasteiger partial charge on any atom is -0.496 e. The fourth-order valence-electron chi connectivity index (χ4n) is 3.24. The molecule has 0 unspecified atom stereocenters. The third-order valence-corrected chi connectivity index (χ3v) is 4.55. The van der Waals surface area contributed by atoms with Gasteiger partial charge in [0.1, 0.15) is 5.75 Å². The fourth-order valence-corrected chi connectivity index (χ4v) is 3.24. The quantitative estimate of drug-likeness (QED) is 0.737. The lowest BCUT2D eigenvalue weighted by molar-refractivity contribution is 0.0168. The number of amides is 1. The summed E-state index contributed by atoms with van der Waals surface area (Å²) in [6.45, 7) is 2.64. The first-order valence-corrected chi connectivity index (χ1v) is 8.46. The third kappa shape index (κ3) is 3.63. The third-order valence-electron chi connectivity index (χ3n) is 4.55. The molecule has 1 N–H and O–H groups in total. The zero-order valence-electron chi connectivity index (χ0n) is 15.6. The van der Waals surface area contributed by atoms with E-state index in [4.69, 9.17) is 4.74 Å². The molecular weight excluding hydrogens is 352 g/mol. The lowest BCUT2D eigenvalue weighted by Gasteiger charge is -2.15. The molecule has 0 saturated carbocycles. The molecule has 2 aromatic carbocycles. The van der Waals surface area contributed by atoms with Gasteiger partial charge in [-0.25, -0.2) is 13.8 Å². The Morgan fingerprint density at radius 2 is 2.04 bits per heavy atom. The van der Waals surface area contributed by atoms with Crippen molar-refractivity contribution >= 4 is 16.9 Å². The van der Waals surface area contributed by atoms with Crippen molar-refractivity contribution in [1.82, 2.24) is 14.9 Å². The second-order valence-electron chi connectivity index (χ2n) is 6.57. The van der Waals surface area contributed by atoms with E-state index >= 15 is 0 Å². The Bertz CT molecular complexity index is 1010. The summed E-state index contributed by atoms with van der Waals surface area (Å²) in [5.74, 6) is -2.64. The number of hydrogen-bond acceptors (Lipinski definition) is 3. The van der Waals surface area contributed by atoms with E-state index in [-0.39, 0.29) is 18.0 Å². The number of benzene rings is 2. The summed E-state index contributed by atoms with van der Waals surface area (Å²) in [5.41, 5.74) is 3.09. The highest BCUT2D eigenvalue weighted by Crippen LogP contribution is 2.30. The summed E-state index contributed by atoms with van der Waals surface area (Å²) in [7, 11) is 3.43. The molecule has 5 nitrogen and oxygen atoms in total. The van der Waals surface area contributed by atoms with Gasteiger partial charge in [0, 0.05) is 37.2 Å². The van der Waals surface area contributed by atoms with Crippen LogP contribution in [-0.4, -0.2) is 22.6 Å². The molecule has 3 aromatic rings. The molecule has 142 valence electrons. The van der Waals surface area contributed by atoms with Crippen LogP contribution < -0.4 is 10.1 Å². The van der Waals surface area contributed by atoms with E-state index in [0.717, 1.165) is 23.5 Å². The van der Waals surface area contributed by atoms with Crippen LogP contribution in [0, 0.1) is 6.92 Å². The van der Waals surface area contributed by atoms with Crippen molar-refractivity contribution in [2.45, 2.75) is 26.3 Å². The largest absolute Gasteiger partial charge is 0.496 e. The van der Waals surface area contributed by atoms with Crippen LogP contribution in [0.15, 0.2) is 36.7 Å². The van der Waals surface area contributed by atoms with Gasteiger partial charge < -0.3 is 14.6 Å². The lowest BCUT2D eigenvalue weighted by atomic mass is 10.0. The molecule has 0 aliphatic carbocycles. The topological polar surface area (TPSA) is 56.1 Å². The van der Waals surface area contributed by atoms with Crippen LogP contribution in [0.2, 0.25) is 0 Å². The van der Waals surface area contributed by atoms with Crippen molar-refractivity contribution < 1.29 is 18.3 Å². The number of rotatable bonds is 5. The zero-order chi connectivity index (χ0) is 19.8. The smallest absolute Gasteiger partial charge is 0.270 e. The number of aromatic nitrogens is 2. The lowest BCUT2D eigenvalue weighted by Crippen LogP contribution is -2.24. The highest BCUT2D eigenvalue weighted by atomic mass is 19.3. The van der Waals surface area contributed by atoms with Gasteiger partial charge in [0.2, 0.25) is 0 Å². The average Bonchev–Trinajstić information content (AvgIpc) is 2.99. The minimum absolute atomic E-state index is 0.0830. The van der Waals surface area contributed by atoms with Crippen molar-refractivity contribution in [3.05, 3.63) is 58.9 Å². The molecule has 0 radical (unpaired) electrons. The van der Waals surface area contributed by atoms with E-state index < -0.39 is 5.92 Å². The monoisotopic (exact) mass is 373 g/mol. The van der Waals surface area contributed by atoms with Crippen LogP contribution in [0.3, 0.4) is 0 Å². The van der Waals surface area contributed by atoms with E-state index in [1.807, 2.05) is 17.7 Å². The van der Waals surface area contributed by atoms with Gasteiger partial charge in [0.25, 0.3) is 11.8 Å². The molecule has 0 fully saturated rings. The number of fused-ring (bicyclic) bond motifs is 1. The first-order valence-electron chi connectivity index (χ1n) is 8.46. The molecule has 0 bridgehead atoms. The maximum absolute atomic E-state index is 13.5. The zero-order valence-corrected chi connectivity index (χ0v) is 15.6. The summed E-state index contributed by atoms with van der Waals surface area (Å²) >= 11 is 0. The first-order chi connectivity index (χ1) is 12.7. The molecule has 3 rings (SSSR count). The summed E-state index contributed by atoms with van der Waals surface area (Å²) in [6, 6.07) is 7.85. The molecule has 1 amide bonds. The molecule has 0 saturated heterocycles. The van der Waals surface area contributed by atoms with Gasteiger partial charge >= 0.3 is 0 Å². The van der Waals surface area contributed by atoms with Crippen molar-refractivity contribution in [3.8, 4) is 5.75 Å². The molecule has 1 aromatic heterocycles. The predicted octanol–water partition coefficient (Wildman–Crippen LogP) is 3.93. The molecule has 1 heterocycles. The number of carbonyl (C=O) groups is 1. The number of methoxy groups -OCH3 is 1. The second kappa shape index (κ2) is 6.98. The number of ether oxygens (including phenoxy) is 1. The Hall–Kier alpha value is -2.96. The van der Waals surface area contributed by atoms with Gasteiger partial charge in [-0.2, -0.15) is 0 Å². The molecule has 0 aliphatic rings. The minimum atomic E-state index is -2.94. The molecular formula is C20H21F2N3O2. The highest BCUT2D eigenvalue weighted by Gasteiger charge is 2.26. The van der Waals surface area contributed by atoms with Crippen LogP contribution in [0.4, 0.5) is 8.78 Å². The summed E-state index contributed by atoms with van der Waals surface area (Å²) in [4.78, 5) is 16.8. The van der Waals surface area contributed by atoms with Crippen molar-refractivity contribution in [2.24, 2.45) is 7.05 Å². The highest BCUT2D eigenvalue weighted by molar-refractivity contribution is 5.94. The standard InChI is InChI=1S/C20H21F2N3O2/c1-12-9-13(5-6-15(12)20(2,21)22)19(26)23-10-14-17(27-4)8-7-16-18(14)25(3)11-24-16/h5-9,11H,10H2,1-4H3,(H,23,26). The van der Waals surface area contributed by atoms with Crippen LogP contribution in [0.25, 0.3) is 11.0 Å². The van der Waals surface area contributed by atoms with Crippen LogP contribution in [0.1, 0.15) is 34.0 Å². The van der Waals surface area contributed by atoms with Gasteiger partial charge in [0.15, 0.2) is 0 Å². The number of imidazole rings is 1. The number of halogens is 2. The van der Waals surface area contributed by atoms with E-state index in [9.17, 15) is 13.6 Å². The number of aryl methyl sites for hydroxylation is 2. The molecule has 0 atom stereocenters. The Labute approximate surface area is 156 Å². The van der Waals surface area contributed by atoms with E-state index in [2.05, 4.69) is 10.3 Å². The number of nitrogens with zero attached hydrogens (tertiary/aromatic N) is 2. The van der Waals surface area contributed by atoms with Crippen LogP contribution in [-0.2, 0) is 19.5 Å². The maximum Gasteiger partial charge on any atom is 0.270 e. The van der Waals surface area contributed by atoms with Gasteiger partial charge in [-0.3, -0.25) is 4.79 Å². The van der Waals surface area contributed by atoms with Gasteiger partial charge in [-0.1, -0.05) is 6.07 Å². The second-order valence-corrected chi connectivity index (χ2v) is 6.57. The SMILES string of the molecule is COc1ccc2ncn(C)c2c1CNC(=O)c1ccc(C(C)(F)F)c(C)c1. The normalized spacial score (nSPS) is 11.6. The predicted molar refractivity (Wildman–Crippen MR) is 99.2 cm³/mol. The van der Waals surface area contributed by atoms with E-state index in [1.165, 1.54) is 18.2 Å². The van der Waals surface area contributed by atoms with E-state index in [0.29, 0.717) is 16.9 Å². The molecule has 7 heteroatoms. The van der Waals surface area contributed by atoms with Gasteiger partial charge in [-0.15, -0.1) is 0 Å². The molecule has 0 spiro atoms. The molecule has 0 aliphatic heterocycles. The Morgan fingerprint density at radius 1 is 1.30 bits per heavy atom. The summed E-state index contributed by atoms with van der Waals surface area (Å²) in [5, 5.41) is 2.84. The van der Waals surface area contributed by atoms with Crippen LogP contribution >= 0.6 is 0 Å². The van der Waals surface area contributed by atoms with E-state index in [1.54, 1.807) is 26.4 Å². The van der Waals surface area contributed by atoms with Crippen molar-refractivity contribution in [2.75, 3.05) is 7.11 Å². The van der Waals surface area contributed by atoms with Crippen molar-refractivity contribution in [3.63, 3.8) is 0 Å². The number of nitrogens with one attached hydrogen (secondary N) is 1. The van der Waals surface area contributed by atoms with Crippen LogP contribution in [0.5, 0.6) is 5.75 Å².